The van der Waals surface area contributed by atoms with Gasteiger partial charge in [-0.1, -0.05) is 26.0 Å². The van der Waals surface area contributed by atoms with Crippen LogP contribution in [0.5, 0.6) is 11.5 Å². The van der Waals surface area contributed by atoms with Crippen LogP contribution in [0.25, 0.3) is 0 Å². The second-order valence-corrected chi connectivity index (χ2v) is 8.37. The van der Waals surface area contributed by atoms with Crippen LogP contribution < -0.4 is 14.2 Å². The summed E-state index contributed by atoms with van der Waals surface area (Å²) < 4.78 is 40.6. The molecule has 128 valence electrons. The topological polar surface area (TPSA) is 67.9 Å². The van der Waals surface area contributed by atoms with E-state index in [1.165, 1.54) is 0 Å². The molecule has 23 heavy (non-hydrogen) atoms. The zero-order valence-corrected chi connectivity index (χ0v) is 14.4. The third-order valence-corrected chi connectivity index (χ3v) is 5.75. The van der Waals surface area contributed by atoms with Crippen molar-refractivity contribution in [3.8, 4) is 11.5 Å². The summed E-state index contributed by atoms with van der Waals surface area (Å²) in [6.07, 6.45) is 0.752. The number of fused-ring (bicyclic) bond motifs is 1. The number of ether oxygens (including phenoxy) is 2. The molecule has 3 atom stereocenters. The average Bonchev–Trinajstić information content (AvgIpc) is 2.52. The van der Waals surface area contributed by atoms with Gasteiger partial charge < -0.3 is 9.47 Å². The van der Waals surface area contributed by atoms with Gasteiger partial charge in [-0.3, -0.25) is 0 Å². The molecule has 1 fully saturated rings. The van der Waals surface area contributed by atoms with Gasteiger partial charge in [0.1, 0.15) is 12.7 Å². The van der Waals surface area contributed by atoms with Crippen molar-refractivity contribution in [3.05, 3.63) is 24.3 Å². The predicted octanol–water partition coefficient (Wildman–Crippen LogP) is 1.64. The van der Waals surface area contributed by atoms with E-state index in [9.17, 15) is 8.42 Å². The van der Waals surface area contributed by atoms with Gasteiger partial charge in [-0.15, -0.1) is 0 Å². The first-order chi connectivity index (χ1) is 10.9. The summed E-state index contributed by atoms with van der Waals surface area (Å²) in [7, 11) is -3.48. The molecule has 1 aromatic carbocycles. The Hall–Kier alpha value is -1.31. The smallest absolute Gasteiger partial charge is 0.279 e. The Kier molecular flexibility index (Phi) is 4.79. The van der Waals surface area contributed by atoms with Crippen LogP contribution in [0.4, 0.5) is 0 Å². The van der Waals surface area contributed by atoms with E-state index in [1.807, 2.05) is 24.3 Å². The van der Waals surface area contributed by atoms with Gasteiger partial charge in [0.05, 0.1) is 6.54 Å². The lowest BCUT2D eigenvalue weighted by Crippen LogP contribution is -2.50. The zero-order chi connectivity index (χ0) is 16.4. The Balaban J connectivity index is 1.58. The third-order valence-electron chi connectivity index (χ3n) is 4.24. The van der Waals surface area contributed by atoms with Crippen molar-refractivity contribution in [1.29, 1.82) is 0 Å². The normalized spacial score (nSPS) is 28.5. The number of hydrogen-bond acceptors (Lipinski definition) is 4. The number of rotatable bonds is 4. The second-order valence-electron chi connectivity index (χ2n) is 6.61. The van der Waals surface area contributed by atoms with Crippen LogP contribution in [0, 0.1) is 11.8 Å². The summed E-state index contributed by atoms with van der Waals surface area (Å²) in [5, 5.41) is 0. The molecule has 0 radical (unpaired) electrons. The van der Waals surface area contributed by atoms with Crippen LogP contribution in [-0.2, 0) is 10.2 Å². The summed E-state index contributed by atoms with van der Waals surface area (Å²) >= 11 is 0. The molecule has 7 heteroatoms. The highest BCUT2D eigenvalue weighted by atomic mass is 32.2. The summed E-state index contributed by atoms with van der Waals surface area (Å²) in [5.74, 6) is 2.13. The molecule has 0 amide bonds. The van der Waals surface area contributed by atoms with E-state index in [2.05, 4.69) is 18.6 Å². The molecule has 3 rings (SSSR count). The average molecular weight is 340 g/mol. The zero-order valence-electron chi connectivity index (χ0n) is 13.6. The molecule has 6 nitrogen and oxygen atoms in total. The molecule has 0 saturated carbocycles. The molecule has 0 bridgehead atoms. The number of nitrogens with zero attached hydrogens (tertiary/aromatic N) is 1. The van der Waals surface area contributed by atoms with Crippen LogP contribution in [0.15, 0.2) is 24.3 Å². The fourth-order valence-corrected chi connectivity index (χ4v) is 4.74. The Morgan fingerprint density at radius 3 is 2.52 bits per heavy atom. The molecular formula is C16H24N2O4S. The van der Waals surface area contributed by atoms with Crippen LogP contribution >= 0.6 is 0 Å². The third kappa shape index (κ3) is 3.97. The van der Waals surface area contributed by atoms with Crippen LogP contribution in [-0.4, -0.2) is 45.1 Å². The predicted molar refractivity (Wildman–Crippen MR) is 87.8 cm³/mol. The van der Waals surface area contributed by atoms with Gasteiger partial charge in [-0.05, 0) is 30.4 Å². The quantitative estimate of drug-likeness (QED) is 0.905. The highest BCUT2D eigenvalue weighted by molar-refractivity contribution is 7.87. The summed E-state index contributed by atoms with van der Waals surface area (Å²) in [4.78, 5) is 0. The van der Waals surface area contributed by atoms with E-state index in [0.717, 1.165) is 6.42 Å². The second kappa shape index (κ2) is 6.67. The molecule has 0 spiro atoms. The molecule has 1 saturated heterocycles. The van der Waals surface area contributed by atoms with Crippen molar-refractivity contribution in [2.45, 2.75) is 26.4 Å². The van der Waals surface area contributed by atoms with Crippen molar-refractivity contribution in [1.82, 2.24) is 9.03 Å². The fourth-order valence-electron chi connectivity index (χ4n) is 3.26. The molecule has 2 heterocycles. The van der Waals surface area contributed by atoms with E-state index >= 15 is 0 Å². The maximum absolute atomic E-state index is 12.5. The van der Waals surface area contributed by atoms with Gasteiger partial charge in [-0.25, -0.2) is 0 Å². The standard InChI is InChI=1S/C16H24N2O4S/c1-12-7-13(2)10-18(9-12)23(19,20)17-8-14-11-21-15-5-3-4-6-16(15)22-14/h3-6,12-14,17H,7-11H2,1-2H3. The Morgan fingerprint density at radius 1 is 1.17 bits per heavy atom. The maximum atomic E-state index is 12.5. The van der Waals surface area contributed by atoms with Crippen molar-refractivity contribution in [3.63, 3.8) is 0 Å². The van der Waals surface area contributed by atoms with E-state index in [-0.39, 0.29) is 12.6 Å². The van der Waals surface area contributed by atoms with E-state index < -0.39 is 10.2 Å². The Morgan fingerprint density at radius 2 is 1.83 bits per heavy atom. The molecule has 1 aromatic rings. The van der Waals surface area contributed by atoms with Gasteiger partial charge in [0.15, 0.2) is 11.5 Å². The Labute approximate surface area is 138 Å². The number of para-hydroxylation sites is 2. The fraction of sp³-hybridized carbons (Fsp3) is 0.625. The SMILES string of the molecule is CC1CC(C)CN(S(=O)(=O)NCC2COc3ccccc3O2)C1. The van der Waals surface area contributed by atoms with Gasteiger partial charge >= 0.3 is 0 Å². The first kappa shape index (κ1) is 16.5. The Bertz CT molecular complexity index is 639. The van der Waals surface area contributed by atoms with E-state index in [4.69, 9.17) is 9.47 Å². The van der Waals surface area contributed by atoms with Gasteiger partial charge in [0.25, 0.3) is 10.2 Å². The first-order valence-corrected chi connectivity index (χ1v) is 9.51. The summed E-state index contributed by atoms with van der Waals surface area (Å²) in [6, 6.07) is 7.41. The minimum atomic E-state index is -3.48. The molecule has 0 aliphatic carbocycles. The summed E-state index contributed by atoms with van der Waals surface area (Å²) in [5.41, 5.74) is 0. The largest absolute Gasteiger partial charge is 0.486 e. The molecule has 3 unspecified atom stereocenters. The lowest BCUT2D eigenvalue weighted by atomic mass is 9.94. The molecular weight excluding hydrogens is 316 g/mol. The first-order valence-electron chi connectivity index (χ1n) is 8.07. The molecule has 0 aromatic heterocycles. The van der Waals surface area contributed by atoms with Crippen molar-refractivity contribution >= 4 is 10.2 Å². The summed E-state index contributed by atoms with van der Waals surface area (Å²) in [6.45, 7) is 5.87. The number of nitrogens with one attached hydrogen (secondary N) is 1. The molecule has 2 aliphatic heterocycles. The lowest BCUT2D eigenvalue weighted by Gasteiger charge is -2.34. The molecule has 1 N–H and O–H groups in total. The highest BCUT2D eigenvalue weighted by Gasteiger charge is 2.31. The van der Waals surface area contributed by atoms with Gasteiger partial charge in [-0.2, -0.15) is 17.4 Å². The van der Waals surface area contributed by atoms with Gasteiger partial charge in [0, 0.05) is 13.1 Å². The van der Waals surface area contributed by atoms with Crippen molar-refractivity contribution in [2.75, 3.05) is 26.2 Å². The van der Waals surface area contributed by atoms with Crippen molar-refractivity contribution < 1.29 is 17.9 Å². The van der Waals surface area contributed by atoms with Crippen LogP contribution in [0.3, 0.4) is 0 Å². The lowest BCUT2D eigenvalue weighted by molar-refractivity contribution is 0.0937. The minimum absolute atomic E-state index is 0.204. The maximum Gasteiger partial charge on any atom is 0.279 e. The van der Waals surface area contributed by atoms with E-state index in [1.54, 1.807) is 4.31 Å². The number of benzene rings is 1. The number of piperidine rings is 1. The monoisotopic (exact) mass is 340 g/mol. The van der Waals surface area contributed by atoms with Crippen molar-refractivity contribution in [2.24, 2.45) is 11.8 Å². The molecule has 2 aliphatic rings. The van der Waals surface area contributed by atoms with Crippen LogP contribution in [0.1, 0.15) is 20.3 Å². The number of hydrogen-bond donors (Lipinski definition) is 1. The minimum Gasteiger partial charge on any atom is -0.486 e. The van der Waals surface area contributed by atoms with Gasteiger partial charge in [0.2, 0.25) is 0 Å². The van der Waals surface area contributed by atoms with E-state index in [0.29, 0.717) is 43.0 Å². The highest BCUT2D eigenvalue weighted by Crippen LogP contribution is 2.30. The van der Waals surface area contributed by atoms with Crippen LogP contribution in [0.2, 0.25) is 0 Å².